The Kier molecular flexibility index (Phi) is 16.0. The van der Waals surface area contributed by atoms with Crippen LogP contribution < -0.4 is 5.32 Å². The summed E-state index contributed by atoms with van der Waals surface area (Å²) in [5.41, 5.74) is 0.0504. The lowest BCUT2D eigenvalue weighted by molar-refractivity contribution is -0.527. The van der Waals surface area contributed by atoms with Gasteiger partial charge in [0.1, 0.15) is 30.3 Å². The number of carbonyl (C=O) groups excluding carboxylic acids is 2. The molecule has 0 saturated heterocycles. The Labute approximate surface area is 343 Å². The summed E-state index contributed by atoms with van der Waals surface area (Å²) in [6, 6.07) is 20.4. The highest BCUT2D eigenvalue weighted by Crippen LogP contribution is 2.45. The number of imidazole rings is 1. The van der Waals surface area contributed by atoms with Crippen LogP contribution in [0.3, 0.4) is 0 Å². The maximum absolute atomic E-state index is 15.4. The minimum absolute atomic E-state index is 0.0176. The van der Waals surface area contributed by atoms with Gasteiger partial charge in [0.25, 0.3) is 5.91 Å². The van der Waals surface area contributed by atoms with Gasteiger partial charge in [0.2, 0.25) is 5.82 Å². The first-order valence-corrected chi connectivity index (χ1v) is 18.7. The van der Waals surface area contributed by atoms with Crippen LogP contribution >= 0.6 is 0 Å². The molecule has 0 aliphatic heterocycles. The van der Waals surface area contributed by atoms with E-state index in [0.29, 0.717) is 28.1 Å². The summed E-state index contributed by atoms with van der Waals surface area (Å²) in [4.78, 5) is 40.5. The van der Waals surface area contributed by atoms with Gasteiger partial charge >= 0.3 is 18.1 Å². The number of tetrazole rings is 1. The molecule has 0 bridgehead atoms. The molecule has 61 heavy (non-hydrogen) atoms. The van der Waals surface area contributed by atoms with E-state index in [1.807, 2.05) is 6.07 Å². The maximum Gasteiger partial charge on any atom is 0.459 e. The fourth-order valence-corrected chi connectivity index (χ4v) is 6.31. The quantitative estimate of drug-likeness (QED) is 0.0208. The number of rotatable bonds is 22. The first-order chi connectivity index (χ1) is 29.1. The molecule has 2 atom stereocenters. The van der Waals surface area contributed by atoms with E-state index in [9.17, 15) is 22.8 Å². The summed E-state index contributed by atoms with van der Waals surface area (Å²) in [7, 11) is 0. The average molecular weight is 864 g/mol. The number of aromatic nitrogens is 6. The van der Waals surface area contributed by atoms with Crippen LogP contribution in [0.5, 0.6) is 0 Å². The van der Waals surface area contributed by atoms with Crippen molar-refractivity contribution in [3.8, 4) is 22.5 Å². The minimum atomic E-state index is -6.14. The van der Waals surface area contributed by atoms with E-state index in [1.54, 1.807) is 79.7 Å². The Balaban J connectivity index is 1.43. The molecule has 2 aromatic heterocycles. The lowest BCUT2D eigenvalue weighted by Gasteiger charge is -2.22. The van der Waals surface area contributed by atoms with Crippen LogP contribution in [0.15, 0.2) is 78.9 Å². The maximum atomic E-state index is 15.4. The molecule has 2 unspecified atom stereocenters. The molecule has 0 aliphatic carbocycles. The number of H-pyrrole nitrogens is 1. The fourth-order valence-electron chi connectivity index (χ4n) is 6.31. The van der Waals surface area contributed by atoms with Crippen LogP contribution in [0.4, 0.5) is 22.0 Å². The van der Waals surface area contributed by atoms with E-state index in [2.05, 4.69) is 40.6 Å². The van der Waals surface area contributed by atoms with Crippen LogP contribution in [0, 0.1) is 0 Å². The summed E-state index contributed by atoms with van der Waals surface area (Å²) >= 11 is 0. The molecule has 0 aliphatic rings. The van der Waals surface area contributed by atoms with Crippen molar-refractivity contribution in [1.82, 2.24) is 46.3 Å². The van der Waals surface area contributed by atoms with E-state index in [1.165, 1.54) is 0 Å². The van der Waals surface area contributed by atoms with Crippen molar-refractivity contribution in [3.05, 3.63) is 107 Å². The number of hydrogen-bond acceptors (Lipinski definition) is 15. The second kappa shape index (κ2) is 21.1. The molecule has 5 aromatic rings. The molecule has 0 radical (unpaired) electrons. The van der Waals surface area contributed by atoms with Gasteiger partial charge in [-0.1, -0.05) is 85.8 Å². The largest absolute Gasteiger partial charge is 0.464 e. The van der Waals surface area contributed by atoms with E-state index in [4.69, 9.17) is 25.6 Å². The van der Waals surface area contributed by atoms with Gasteiger partial charge in [-0.2, -0.15) is 27.2 Å². The number of nitrogens with one attached hydrogen (secondary N) is 2. The van der Waals surface area contributed by atoms with E-state index < -0.39 is 64.9 Å². The number of unbranched alkanes of at least 4 members (excludes halogenated alkanes) is 1. The zero-order chi connectivity index (χ0) is 44.2. The number of nitrogens with zero attached hydrogens (tertiary/aromatic N) is 7. The van der Waals surface area contributed by atoms with Crippen LogP contribution in [-0.2, 0) is 44.5 Å². The topological polar surface area (TPSA) is 234 Å². The second-order valence-electron chi connectivity index (χ2n) is 13.5. The standard InChI is InChI=1S/C38H42F5N9O9/c1-2-10-31-45-33(37(39,40)38(41,42)43)32(50(31)22-25-16-18-26(19-17-25)28-14-6-7-15-29(28)34-46-48-49-47-34)35(53)44-30(21-24-11-4-3-5-12-24)36(54)59-20-9-8-13-27(61-52(57)58)23-60-51(55)56/h3-7,11-12,14-19,27,30,55-58H,2,8-10,13,20-23H2,1H3,(H,44,53)(H,46,47,48,49). The number of esters is 1. The fraction of sp³-hybridized carbons (Fsp3) is 0.368. The summed E-state index contributed by atoms with van der Waals surface area (Å²) in [6.45, 7) is 0.486. The van der Waals surface area contributed by atoms with Crippen LogP contribution in [-0.4, -0.2) is 105 Å². The molecule has 0 saturated carbocycles. The number of carbonyl (C=O) groups is 2. The van der Waals surface area contributed by atoms with Crippen molar-refractivity contribution >= 4 is 11.9 Å². The van der Waals surface area contributed by atoms with E-state index in [0.717, 1.165) is 10.1 Å². The molecule has 6 N–H and O–H groups in total. The van der Waals surface area contributed by atoms with E-state index in [-0.39, 0.29) is 57.5 Å². The Hall–Kier alpha value is -5.79. The van der Waals surface area contributed by atoms with Crippen LogP contribution in [0.2, 0.25) is 0 Å². The average Bonchev–Trinajstić information content (AvgIpc) is 3.89. The van der Waals surface area contributed by atoms with E-state index >= 15 is 8.78 Å². The highest BCUT2D eigenvalue weighted by atomic mass is 19.4. The third-order valence-corrected chi connectivity index (χ3v) is 9.16. The molecule has 1 amide bonds. The monoisotopic (exact) mass is 863 g/mol. The third kappa shape index (κ3) is 12.4. The molecular weight excluding hydrogens is 821 g/mol. The lowest BCUT2D eigenvalue weighted by Crippen LogP contribution is -2.45. The summed E-state index contributed by atoms with van der Waals surface area (Å²) in [5, 5.41) is 50.7. The first-order valence-electron chi connectivity index (χ1n) is 18.7. The van der Waals surface area contributed by atoms with Crippen molar-refractivity contribution in [2.45, 2.75) is 76.2 Å². The molecule has 2 heterocycles. The zero-order valence-corrected chi connectivity index (χ0v) is 32.4. The Morgan fingerprint density at radius 3 is 2.20 bits per heavy atom. The van der Waals surface area contributed by atoms with Gasteiger partial charge in [0, 0.05) is 24.9 Å². The van der Waals surface area contributed by atoms with Crippen molar-refractivity contribution in [2.24, 2.45) is 0 Å². The molecular formula is C38H42F5N9O9. The summed E-state index contributed by atoms with van der Waals surface area (Å²) in [5.74, 6) is -7.94. The Bertz CT molecular complexity index is 2160. The number of aryl methyl sites for hydroxylation is 1. The highest BCUT2D eigenvalue weighted by molar-refractivity contribution is 5.97. The van der Waals surface area contributed by atoms with Crippen molar-refractivity contribution in [1.29, 1.82) is 0 Å². The van der Waals surface area contributed by atoms with Gasteiger partial charge in [-0.05, 0) is 53.2 Å². The number of benzene rings is 3. The SMILES string of the molecule is CCCc1nc(C(F)(F)C(F)(F)F)c(C(=O)NC(Cc2ccccc2)C(=O)OCCCCC(CON(O)O)ON(O)O)n1Cc1ccc(-c2ccccc2-c2nn[nH]n2)cc1. The summed E-state index contributed by atoms with van der Waals surface area (Å²) in [6.07, 6.45) is -6.98. The third-order valence-electron chi connectivity index (χ3n) is 9.16. The summed E-state index contributed by atoms with van der Waals surface area (Å²) < 4.78 is 79.3. The van der Waals surface area contributed by atoms with Gasteiger partial charge in [-0.15, -0.1) is 10.2 Å². The number of halogens is 5. The molecule has 328 valence electrons. The van der Waals surface area contributed by atoms with Crippen molar-refractivity contribution < 1.29 is 66.8 Å². The van der Waals surface area contributed by atoms with Crippen LogP contribution in [0.1, 0.15) is 65.7 Å². The second-order valence-corrected chi connectivity index (χ2v) is 13.5. The lowest BCUT2D eigenvalue weighted by atomic mass is 9.98. The molecule has 23 heteroatoms. The number of amides is 1. The predicted octanol–water partition coefficient (Wildman–Crippen LogP) is 5.83. The smallest absolute Gasteiger partial charge is 0.459 e. The van der Waals surface area contributed by atoms with Crippen molar-refractivity contribution in [2.75, 3.05) is 13.2 Å². The van der Waals surface area contributed by atoms with Gasteiger partial charge in [0.15, 0.2) is 5.69 Å². The highest BCUT2D eigenvalue weighted by Gasteiger charge is 2.62. The Morgan fingerprint density at radius 1 is 0.885 bits per heavy atom. The van der Waals surface area contributed by atoms with Gasteiger partial charge in [-0.3, -0.25) is 25.6 Å². The number of hydrogen-bond donors (Lipinski definition) is 6. The predicted molar refractivity (Wildman–Crippen MR) is 198 cm³/mol. The number of alkyl halides is 5. The molecule has 3 aromatic carbocycles. The van der Waals surface area contributed by atoms with Crippen molar-refractivity contribution in [3.63, 3.8) is 0 Å². The van der Waals surface area contributed by atoms with Crippen LogP contribution in [0.25, 0.3) is 22.5 Å². The molecule has 5 rings (SSSR count). The molecule has 0 fully saturated rings. The van der Waals surface area contributed by atoms with Gasteiger partial charge in [0.05, 0.1) is 17.4 Å². The molecule has 18 nitrogen and oxygen atoms in total. The Morgan fingerprint density at radius 2 is 1.57 bits per heavy atom. The number of ether oxygens (including phenoxy) is 1. The first kappa shape index (κ1) is 46.3. The normalized spacial score (nSPS) is 13.1. The number of aromatic amines is 1. The van der Waals surface area contributed by atoms with Gasteiger partial charge < -0.3 is 14.6 Å². The zero-order valence-electron chi connectivity index (χ0n) is 32.4. The van der Waals surface area contributed by atoms with Gasteiger partial charge in [-0.25, -0.2) is 19.5 Å². The minimum Gasteiger partial charge on any atom is -0.464 e. The molecule has 0 spiro atoms.